The lowest BCUT2D eigenvalue weighted by atomic mass is 10.2. The minimum Gasteiger partial charge on any atom is -0.452 e. The molecule has 2 aromatic carbocycles. The molecule has 1 amide bonds. The van der Waals surface area contributed by atoms with Gasteiger partial charge in [0.05, 0.1) is 0 Å². The van der Waals surface area contributed by atoms with Crippen molar-refractivity contribution in [2.45, 2.75) is 11.4 Å². The van der Waals surface area contributed by atoms with Crippen molar-refractivity contribution >= 4 is 41.3 Å². The molecule has 130 valence electrons. The van der Waals surface area contributed by atoms with Gasteiger partial charge < -0.3 is 10.1 Å². The third kappa shape index (κ3) is 7.03. The minimum absolute atomic E-state index is 0.324. The third-order valence-electron chi connectivity index (χ3n) is 3.25. The van der Waals surface area contributed by atoms with Crippen LogP contribution < -0.4 is 5.32 Å². The molecular weight excluding hydrogens is 358 g/mol. The number of thioether (sulfide) groups is 1. The summed E-state index contributed by atoms with van der Waals surface area (Å²) >= 11 is 7.52. The van der Waals surface area contributed by atoms with Gasteiger partial charge >= 0.3 is 5.97 Å². The predicted octanol–water partition coefficient (Wildman–Crippen LogP) is 3.93. The molecule has 0 fully saturated rings. The van der Waals surface area contributed by atoms with Crippen LogP contribution in [0.15, 0.2) is 59.5 Å². The van der Waals surface area contributed by atoms with Gasteiger partial charge in [-0.05, 0) is 47.7 Å². The van der Waals surface area contributed by atoms with Gasteiger partial charge in [0.1, 0.15) is 0 Å². The SMILES string of the molecule is CSc1ccc(/C=C/C(=O)OCC(=O)NCc2cccc(Cl)c2)cc1. The Labute approximate surface area is 156 Å². The number of nitrogens with one attached hydrogen (secondary N) is 1. The standard InChI is InChI=1S/C19H18ClNO3S/c1-25-17-8-5-14(6-9-17)7-10-19(23)24-13-18(22)21-12-15-3-2-4-16(20)11-15/h2-11H,12-13H2,1H3,(H,21,22)/b10-7+. The summed E-state index contributed by atoms with van der Waals surface area (Å²) in [5.41, 5.74) is 1.76. The van der Waals surface area contributed by atoms with E-state index in [2.05, 4.69) is 5.32 Å². The quantitative estimate of drug-likeness (QED) is 0.452. The van der Waals surface area contributed by atoms with Gasteiger partial charge in [-0.2, -0.15) is 0 Å². The molecule has 0 aromatic heterocycles. The number of amides is 1. The van der Waals surface area contributed by atoms with Crippen LogP contribution in [0.4, 0.5) is 0 Å². The molecule has 0 radical (unpaired) electrons. The third-order valence-corrected chi connectivity index (χ3v) is 4.23. The van der Waals surface area contributed by atoms with E-state index in [0.717, 1.165) is 16.0 Å². The van der Waals surface area contributed by atoms with E-state index in [1.807, 2.05) is 36.6 Å². The lowest BCUT2D eigenvalue weighted by molar-refractivity contribution is -0.143. The van der Waals surface area contributed by atoms with E-state index in [1.54, 1.807) is 36.0 Å². The van der Waals surface area contributed by atoms with E-state index < -0.39 is 5.97 Å². The summed E-state index contributed by atoms with van der Waals surface area (Å²) in [6.07, 6.45) is 4.95. The topological polar surface area (TPSA) is 55.4 Å². The van der Waals surface area contributed by atoms with Crippen molar-refractivity contribution in [1.29, 1.82) is 0 Å². The zero-order chi connectivity index (χ0) is 18.1. The van der Waals surface area contributed by atoms with Crippen molar-refractivity contribution in [3.05, 3.63) is 70.8 Å². The largest absolute Gasteiger partial charge is 0.452 e. The van der Waals surface area contributed by atoms with Gasteiger partial charge in [-0.25, -0.2) is 4.79 Å². The maximum atomic E-state index is 11.7. The Balaban J connectivity index is 1.73. The van der Waals surface area contributed by atoms with Gasteiger partial charge in [-0.3, -0.25) is 4.79 Å². The van der Waals surface area contributed by atoms with Gasteiger partial charge in [0.15, 0.2) is 6.61 Å². The molecule has 2 aromatic rings. The Morgan fingerprint density at radius 2 is 1.96 bits per heavy atom. The summed E-state index contributed by atoms with van der Waals surface area (Å²) < 4.78 is 4.91. The highest BCUT2D eigenvalue weighted by molar-refractivity contribution is 7.98. The van der Waals surface area contributed by atoms with E-state index in [4.69, 9.17) is 16.3 Å². The molecule has 0 atom stereocenters. The average molecular weight is 376 g/mol. The molecule has 0 heterocycles. The number of halogens is 1. The number of benzene rings is 2. The van der Waals surface area contributed by atoms with Crippen molar-refractivity contribution in [3.8, 4) is 0 Å². The van der Waals surface area contributed by atoms with Gasteiger partial charge in [0.25, 0.3) is 5.91 Å². The fraction of sp³-hybridized carbons (Fsp3) is 0.158. The molecule has 0 aliphatic rings. The van der Waals surface area contributed by atoms with Crippen LogP contribution in [-0.2, 0) is 20.9 Å². The monoisotopic (exact) mass is 375 g/mol. The first-order valence-corrected chi connectivity index (χ1v) is 9.17. The lowest BCUT2D eigenvalue weighted by Crippen LogP contribution is -2.28. The van der Waals surface area contributed by atoms with Crippen LogP contribution in [0.1, 0.15) is 11.1 Å². The van der Waals surface area contributed by atoms with Gasteiger partial charge in [-0.1, -0.05) is 35.9 Å². The van der Waals surface area contributed by atoms with E-state index in [0.29, 0.717) is 11.6 Å². The molecule has 6 heteroatoms. The van der Waals surface area contributed by atoms with Gasteiger partial charge in [0, 0.05) is 22.5 Å². The zero-order valence-corrected chi connectivity index (χ0v) is 15.3. The number of esters is 1. The predicted molar refractivity (Wildman–Crippen MR) is 102 cm³/mol. The smallest absolute Gasteiger partial charge is 0.331 e. The van der Waals surface area contributed by atoms with Gasteiger partial charge in [-0.15, -0.1) is 11.8 Å². The molecule has 0 spiro atoms. The maximum absolute atomic E-state index is 11.7. The molecule has 25 heavy (non-hydrogen) atoms. The molecule has 0 saturated carbocycles. The molecule has 0 bridgehead atoms. The molecule has 0 unspecified atom stereocenters. The van der Waals surface area contributed by atoms with Crippen LogP contribution in [0, 0.1) is 0 Å². The van der Waals surface area contributed by atoms with E-state index >= 15 is 0 Å². The van der Waals surface area contributed by atoms with Crippen molar-refractivity contribution in [2.75, 3.05) is 12.9 Å². The van der Waals surface area contributed by atoms with Crippen LogP contribution in [0.3, 0.4) is 0 Å². The summed E-state index contributed by atoms with van der Waals surface area (Å²) in [4.78, 5) is 24.5. The molecule has 0 aliphatic heterocycles. The Bertz CT molecular complexity index is 760. The average Bonchev–Trinajstić information content (AvgIpc) is 2.63. The molecule has 4 nitrogen and oxygen atoms in total. The molecule has 0 aliphatic carbocycles. The second kappa shape index (κ2) is 9.91. The van der Waals surface area contributed by atoms with Crippen LogP contribution >= 0.6 is 23.4 Å². The zero-order valence-electron chi connectivity index (χ0n) is 13.7. The first-order chi connectivity index (χ1) is 12.1. The van der Waals surface area contributed by atoms with Crippen molar-refractivity contribution in [1.82, 2.24) is 5.32 Å². The second-order valence-electron chi connectivity index (χ2n) is 5.12. The first kappa shape index (κ1) is 19.1. The number of rotatable bonds is 7. The summed E-state index contributed by atoms with van der Waals surface area (Å²) in [6.45, 7) is 0.00369. The Hall–Kier alpha value is -2.24. The number of carbonyl (C=O) groups is 2. The summed E-state index contributed by atoms with van der Waals surface area (Å²) in [6, 6.07) is 14.9. The van der Waals surface area contributed by atoms with Crippen LogP contribution in [0.2, 0.25) is 5.02 Å². The second-order valence-corrected chi connectivity index (χ2v) is 6.44. The van der Waals surface area contributed by atoms with Crippen LogP contribution in [-0.4, -0.2) is 24.7 Å². The summed E-state index contributed by atoms with van der Waals surface area (Å²) in [5, 5.41) is 3.27. The van der Waals surface area contributed by atoms with Crippen molar-refractivity contribution in [2.24, 2.45) is 0 Å². The van der Waals surface area contributed by atoms with E-state index in [1.165, 1.54) is 6.08 Å². The van der Waals surface area contributed by atoms with Crippen LogP contribution in [0.5, 0.6) is 0 Å². The fourth-order valence-corrected chi connectivity index (χ4v) is 2.58. The number of ether oxygens (including phenoxy) is 1. The van der Waals surface area contributed by atoms with Crippen molar-refractivity contribution in [3.63, 3.8) is 0 Å². The number of hydrogen-bond acceptors (Lipinski definition) is 4. The Morgan fingerprint density at radius 3 is 2.64 bits per heavy atom. The van der Waals surface area contributed by atoms with E-state index in [9.17, 15) is 9.59 Å². The highest BCUT2D eigenvalue weighted by Gasteiger charge is 2.05. The lowest BCUT2D eigenvalue weighted by Gasteiger charge is -2.06. The highest BCUT2D eigenvalue weighted by atomic mass is 35.5. The van der Waals surface area contributed by atoms with Crippen molar-refractivity contribution < 1.29 is 14.3 Å². The number of hydrogen-bond donors (Lipinski definition) is 1. The maximum Gasteiger partial charge on any atom is 0.331 e. The fourth-order valence-electron chi connectivity index (χ4n) is 1.96. The molecular formula is C19H18ClNO3S. The Morgan fingerprint density at radius 1 is 1.20 bits per heavy atom. The van der Waals surface area contributed by atoms with E-state index in [-0.39, 0.29) is 12.5 Å². The number of carbonyl (C=O) groups excluding carboxylic acids is 2. The van der Waals surface area contributed by atoms with Gasteiger partial charge in [0.2, 0.25) is 0 Å². The minimum atomic E-state index is -0.563. The highest BCUT2D eigenvalue weighted by Crippen LogP contribution is 2.15. The normalized spacial score (nSPS) is 10.6. The Kier molecular flexibility index (Phi) is 7.57. The molecule has 1 N–H and O–H groups in total. The summed E-state index contributed by atoms with van der Waals surface area (Å²) in [7, 11) is 0. The molecule has 0 saturated heterocycles. The first-order valence-electron chi connectivity index (χ1n) is 7.57. The summed E-state index contributed by atoms with van der Waals surface area (Å²) in [5.74, 6) is -0.933. The molecule has 2 rings (SSSR count). The van der Waals surface area contributed by atoms with Crippen LogP contribution in [0.25, 0.3) is 6.08 Å².